The first-order chi connectivity index (χ1) is 12.6. The quantitative estimate of drug-likeness (QED) is 0.862. The molecule has 1 aromatic rings. The summed E-state index contributed by atoms with van der Waals surface area (Å²) in [4.78, 5) is 12.7. The standard InChI is InChI=1S/C21H32N4O/c1-14-12-22-25(13-14)19-4-2-18(3-5-19)23-20(26)24-21-9-15-6-16(10-21)8-17(7-15)11-21/h12-13,15-19H,2-11H2,1H3,(H2,23,24,26). The largest absolute Gasteiger partial charge is 0.335 e. The lowest BCUT2D eigenvalue weighted by Crippen LogP contribution is -2.62. The number of aryl methyl sites for hydroxylation is 1. The van der Waals surface area contributed by atoms with Crippen LogP contribution in [0.3, 0.4) is 0 Å². The molecule has 142 valence electrons. The third kappa shape index (κ3) is 3.14. The number of nitrogens with zero attached hydrogens (tertiary/aromatic N) is 2. The first-order valence-corrected chi connectivity index (χ1v) is 10.7. The molecule has 4 bridgehead atoms. The van der Waals surface area contributed by atoms with E-state index in [-0.39, 0.29) is 11.6 Å². The molecule has 0 aliphatic heterocycles. The zero-order valence-corrected chi connectivity index (χ0v) is 15.9. The lowest BCUT2D eigenvalue weighted by molar-refractivity contribution is -0.0137. The van der Waals surface area contributed by atoms with E-state index in [4.69, 9.17) is 0 Å². The normalized spacial score (nSPS) is 41.2. The van der Waals surface area contributed by atoms with Crippen LogP contribution in [0, 0.1) is 24.7 Å². The molecular weight excluding hydrogens is 324 g/mol. The second-order valence-corrected chi connectivity index (χ2v) is 9.80. The van der Waals surface area contributed by atoms with Crippen molar-refractivity contribution < 1.29 is 4.79 Å². The second kappa shape index (κ2) is 6.28. The van der Waals surface area contributed by atoms with E-state index in [2.05, 4.69) is 33.5 Å². The van der Waals surface area contributed by atoms with Gasteiger partial charge in [0.05, 0.1) is 12.2 Å². The van der Waals surface area contributed by atoms with Crippen LogP contribution in [0.2, 0.25) is 0 Å². The minimum atomic E-state index is 0.0883. The number of amides is 2. The van der Waals surface area contributed by atoms with Gasteiger partial charge in [0.25, 0.3) is 0 Å². The topological polar surface area (TPSA) is 59.0 Å². The molecule has 0 atom stereocenters. The van der Waals surface area contributed by atoms with Crippen LogP contribution in [0.4, 0.5) is 4.79 Å². The molecule has 2 amide bonds. The molecular formula is C21H32N4O. The molecule has 0 saturated heterocycles. The molecule has 0 unspecified atom stereocenters. The Kier molecular flexibility index (Phi) is 4.02. The maximum absolute atomic E-state index is 12.7. The van der Waals surface area contributed by atoms with Crippen molar-refractivity contribution in [3.05, 3.63) is 18.0 Å². The molecule has 5 aliphatic carbocycles. The fraction of sp³-hybridized carbons (Fsp3) is 0.810. The van der Waals surface area contributed by atoms with Crippen molar-refractivity contribution in [1.82, 2.24) is 20.4 Å². The van der Waals surface area contributed by atoms with Crippen molar-refractivity contribution in [3.8, 4) is 0 Å². The average molecular weight is 357 g/mol. The summed E-state index contributed by atoms with van der Waals surface area (Å²) in [6.45, 7) is 2.09. The van der Waals surface area contributed by atoms with Crippen LogP contribution in [-0.4, -0.2) is 27.4 Å². The van der Waals surface area contributed by atoms with Crippen LogP contribution >= 0.6 is 0 Å². The molecule has 0 radical (unpaired) electrons. The molecule has 5 heteroatoms. The Morgan fingerprint density at radius 2 is 1.69 bits per heavy atom. The van der Waals surface area contributed by atoms with Gasteiger partial charge in [-0.1, -0.05) is 0 Å². The van der Waals surface area contributed by atoms with Gasteiger partial charge in [-0.15, -0.1) is 0 Å². The number of rotatable bonds is 3. The van der Waals surface area contributed by atoms with Crippen LogP contribution in [0.1, 0.15) is 75.8 Å². The van der Waals surface area contributed by atoms with Crippen LogP contribution in [0.5, 0.6) is 0 Å². The van der Waals surface area contributed by atoms with Gasteiger partial charge in [0.15, 0.2) is 0 Å². The molecule has 26 heavy (non-hydrogen) atoms. The summed E-state index contributed by atoms with van der Waals surface area (Å²) < 4.78 is 2.11. The van der Waals surface area contributed by atoms with Gasteiger partial charge in [-0.3, -0.25) is 4.68 Å². The monoisotopic (exact) mass is 356 g/mol. The molecule has 5 fully saturated rings. The summed E-state index contributed by atoms with van der Waals surface area (Å²) in [7, 11) is 0. The summed E-state index contributed by atoms with van der Waals surface area (Å²) in [5.41, 5.74) is 1.34. The van der Waals surface area contributed by atoms with E-state index in [0.717, 1.165) is 43.4 Å². The van der Waals surface area contributed by atoms with E-state index in [1.54, 1.807) is 0 Å². The highest BCUT2D eigenvalue weighted by Crippen LogP contribution is 2.55. The minimum Gasteiger partial charge on any atom is -0.335 e. The Balaban J connectivity index is 1.14. The number of hydrogen-bond donors (Lipinski definition) is 2. The van der Waals surface area contributed by atoms with Crippen LogP contribution < -0.4 is 10.6 Å². The molecule has 2 N–H and O–H groups in total. The van der Waals surface area contributed by atoms with E-state index in [9.17, 15) is 4.79 Å². The smallest absolute Gasteiger partial charge is 0.315 e. The molecule has 1 heterocycles. The lowest BCUT2D eigenvalue weighted by Gasteiger charge is -2.56. The fourth-order valence-electron chi connectivity index (χ4n) is 6.84. The highest BCUT2D eigenvalue weighted by Gasteiger charge is 2.51. The summed E-state index contributed by atoms with van der Waals surface area (Å²) in [6, 6.07) is 0.898. The Bertz CT molecular complexity index is 638. The minimum absolute atomic E-state index is 0.0883. The van der Waals surface area contributed by atoms with Gasteiger partial charge >= 0.3 is 6.03 Å². The molecule has 1 aromatic heterocycles. The summed E-state index contributed by atoms with van der Waals surface area (Å²) in [5.74, 6) is 2.61. The number of carbonyl (C=O) groups is 1. The predicted octanol–water partition coefficient (Wildman–Crippen LogP) is 3.94. The van der Waals surface area contributed by atoms with Gasteiger partial charge in [0.2, 0.25) is 0 Å². The van der Waals surface area contributed by atoms with Crippen LogP contribution in [-0.2, 0) is 0 Å². The SMILES string of the molecule is Cc1cnn(C2CCC(NC(=O)NC34CC5CC(CC(C5)C3)C4)CC2)c1. The van der Waals surface area contributed by atoms with E-state index in [1.807, 2.05) is 6.20 Å². The van der Waals surface area contributed by atoms with E-state index < -0.39 is 0 Å². The first kappa shape index (κ1) is 16.6. The molecule has 6 rings (SSSR count). The van der Waals surface area contributed by atoms with E-state index >= 15 is 0 Å². The average Bonchev–Trinajstić information content (AvgIpc) is 3.00. The predicted molar refractivity (Wildman–Crippen MR) is 101 cm³/mol. The van der Waals surface area contributed by atoms with Gasteiger partial charge < -0.3 is 10.6 Å². The lowest BCUT2D eigenvalue weighted by atomic mass is 9.53. The Morgan fingerprint density at radius 1 is 1.08 bits per heavy atom. The van der Waals surface area contributed by atoms with Crippen molar-refractivity contribution >= 4 is 6.03 Å². The molecule has 5 aliphatic rings. The third-order valence-corrected chi connectivity index (χ3v) is 7.55. The highest BCUT2D eigenvalue weighted by atomic mass is 16.2. The Morgan fingerprint density at radius 3 is 2.23 bits per heavy atom. The molecule has 5 nitrogen and oxygen atoms in total. The highest BCUT2D eigenvalue weighted by molar-refractivity contribution is 5.75. The Labute approximate surface area is 156 Å². The molecule has 0 spiro atoms. The van der Waals surface area contributed by atoms with E-state index in [0.29, 0.717) is 12.1 Å². The zero-order chi connectivity index (χ0) is 17.7. The van der Waals surface area contributed by atoms with Gasteiger partial charge in [0.1, 0.15) is 0 Å². The number of carbonyl (C=O) groups excluding carboxylic acids is 1. The van der Waals surface area contributed by atoms with Crippen LogP contribution in [0.15, 0.2) is 12.4 Å². The fourth-order valence-corrected chi connectivity index (χ4v) is 6.84. The number of aromatic nitrogens is 2. The summed E-state index contributed by atoms with van der Waals surface area (Å²) in [5, 5.41) is 11.2. The van der Waals surface area contributed by atoms with Crippen molar-refractivity contribution in [3.63, 3.8) is 0 Å². The van der Waals surface area contributed by atoms with Crippen molar-refractivity contribution in [2.75, 3.05) is 0 Å². The van der Waals surface area contributed by atoms with Gasteiger partial charge in [-0.05, 0) is 94.4 Å². The van der Waals surface area contributed by atoms with Gasteiger partial charge in [-0.25, -0.2) is 4.79 Å². The maximum atomic E-state index is 12.7. The third-order valence-electron chi connectivity index (χ3n) is 7.55. The van der Waals surface area contributed by atoms with Crippen LogP contribution in [0.25, 0.3) is 0 Å². The number of hydrogen-bond acceptors (Lipinski definition) is 2. The zero-order valence-electron chi connectivity index (χ0n) is 15.9. The van der Waals surface area contributed by atoms with Crippen molar-refractivity contribution in [2.24, 2.45) is 17.8 Å². The van der Waals surface area contributed by atoms with Gasteiger partial charge in [-0.2, -0.15) is 5.10 Å². The maximum Gasteiger partial charge on any atom is 0.315 e. The van der Waals surface area contributed by atoms with Gasteiger partial charge in [0, 0.05) is 17.8 Å². The molecule has 5 saturated carbocycles. The Hall–Kier alpha value is -1.52. The first-order valence-electron chi connectivity index (χ1n) is 10.7. The second-order valence-electron chi connectivity index (χ2n) is 9.80. The van der Waals surface area contributed by atoms with E-state index in [1.165, 1.54) is 44.1 Å². The van der Waals surface area contributed by atoms with Crippen molar-refractivity contribution in [2.45, 2.75) is 88.8 Å². The molecule has 0 aromatic carbocycles. The number of nitrogens with one attached hydrogen (secondary N) is 2. The van der Waals surface area contributed by atoms with Crippen molar-refractivity contribution in [1.29, 1.82) is 0 Å². The summed E-state index contributed by atoms with van der Waals surface area (Å²) >= 11 is 0. The number of urea groups is 1. The summed E-state index contributed by atoms with van der Waals surface area (Å²) in [6.07, 6.45) is 16.3.